The minimum atomic E-state index is -3.10. The van der Waals surface area contributed by atoms with E-state index in [2.05, 4.69) is 23.9 Å². The number of hydrogen-bond donors (Lipinski definition) is 3. The lowest BCUT2D eigenvalue weighted by Gasteiger charge is -2.29. The second kappa shape index (κ2) is 7.21. The molecule has 0 fully saturated rings. The third kappa shape index (κ3) is 6.42. The van der Waals surface area contributed by atoms with Crippen LogP contribution in [0.25, 0.3) is 0 Å². The summed E-state index contributed by atoms with van der Waals surface area (Å²) in [5.41, 5.74) is -0.0783. The number of nitrogens with one attached hydrogen (secondary N) is 2. The van der Waals surface area contributed by atoms with Crippen LogP contribution < -0.4 is 10.0 Å². The van der Waals surface area contributed by atoms with Crippen LogP contribution in [0.3, 0.4) is 0 Å². The van der Waals surface area contributed by atoms with Crippen molar-refractivity contribution < 1.29 is 13.5 Å². The van der Waals surface area contributed by atoms with Gasteiger partial charge in [0.05, 0.1) is 6.26 Å². The van der Waals surface area contributed by atoms with Gasteiger partial charge in [0.15, 0.2) is 0 Å². The lowest BCUT2D eigenvalue weighted by Crippen LogP contribution is -2.39. The first-order valence-electron chi connectivity index (χ1n) is 5.65. The van der Waals surface area contributed by atoms with Gasteiger partial charge in [-0.15, -0.1) is 0 Å². The fourth-order valence-electron chi connectivity index (χ4n) is 1.46. The standard InChI is InChI=1S/C10H24N2O3S/c1-4-10(5-2,9-13)8-11-6-7-12-16(3,14)15/h11-13H,4-9H2,1-3H3. The van der Waals surface area contributed by atoms with E-state index in [1.54, 1.807) is 0 Å². The molecule has 0 aromatic carbocycles. The largest absolute Gasteiger partial charge is 0.396 e. The summed E-state index contributed by atoms with van der Waals surface area (Å²) in [6.45, 7) is 5.93. The Morgan fingerprint density at radius 3 is 2.12 bits per heavy atom. The molecule has 0 rings (SSSR count). The highest BCUT2D eigenvalue weighted by Gasteiger charge is 2.24. The van der Waals surface area contributed by atoms with E-state index in [-0.39, 0.29) is 12.0 Å². The van der Waals surface area contributed by atoms with Crippen molar-refractivity contribution in [3.63, 3.8) is 0 Å². The predicted molar refractivity (Wildman–Crippen MR) is 65.8 cm³/mol. The lowest BCUT2D eigenvalue weighted by molar-refractivity contribution is 0.113. The molecule has 0 aliphatic carbocycles. The van der Waals surface area contributed by atoms with Crippen LogP contribution in [-0.4, -0.2) is 46.0 Å². The number of aliphatic hydroxyl groups is 1. The third-order valence-electron chi connectivity index (χ3n) is 3.00. The number of rotatable bonds is 9. The Balaban J connectivity index is 3.80. The molecule has 0 aliphatic heterocycles. The molecule has 98 valence electrons. The Morgan fingerprint density at radius 2 is 1.75 bits per heavy atom. The molecule has 0 aromatic rings. The summed E-state index contributed by atoms with van der Waals surface area (Å²) in [6.07, 6.45) is 2.96. The molecule has 5 nitrogen and oxygen atoms in total. The molecule has 0 aromatic heterocycles. The second-order valence-corrected chi connectivity index (χ2v) is 6.04. The minimum Gasteiger partial charge on any atom is -0.396 e. The zero-order valence-electron chi connectivity index (χ0n) is 10.4. The minimum absolute atomic E-state index is 0.0783. The van der Waals surface area contributed by atoms with E-state index in [4.69, 9.17) is 0 Å². The van der Waals surface area contributed by atoms with Crippen LogP contribution in [0, 0.1) is 5.41 Å². The Bertz CT molecular complexity index is 266. The number of sulfonamides is 1. The highest BCUT2D eigenvalue weighted by atomic mass is 32.2. The van der Waals surface area contributed by atoms with Gasteiger partial charge in [-0.2, -0.15) is 0 Å². The van der Waals surface area contributed by atoms with Crippen molar-refractivity contribution in [3.05, 3.63) is 0 Å². The Morgan fingerprint density at radius 1 is 1.19 bits per heavy atom. The molecule has 0 unspecified atom stereocenters. The maximum absolute atomic E-state index is 10.8. The van der Waals surface area contributed by atoms with Crippen molar-refractivity contribution in [1.29, 1.82) is 0 Å². The summed E-state index contributed by atoms with van der Waals surface area (Å²) >= 11 is 0. The van der Waals surface area contributed by atoms with E-state index in [0.29, 0.717) is 19.6 Å². The van der Waals surface area contributed by atoms with Crippen molar-refractivity contribution in [3.8, 4) is 0 Å². The van der Waals surface area contributed by atoms with Gasteiger partial charge in [-0.05, 0) is 12.8 Å². The molecule has 6 heteroatoms. The highest BCUT2D eigenvalue weighted by Crippen LogP contribution is 2.23. The highest BCUT2D eigenvalue weighted by molar-refractivity contribution is 7.88. The first-order chi connectivity index (χ1) is 7.39. The van der Waals surface area contributed by atoms with Crippen molar-refractivity contribution in [2.24, 2.45) is 5.41 Å². The molecule has 3 N–H and O–H groups in total. The van der Waals surface area contributed by atoms with Crippen LogP contribution in [0.1, 0.15) is 26.7 Å². The molecule has 0 spiro atoms. The fourth-order valence-corrected chi connectivity index (χ4v) is 1.93. The first-order valence-corrected chi connectivity index (χ1v) is 7.54. The van der Waals surface area contributed by atoms with E-state index in [1.807, 2.05) is 0 Å². The van der Waals surface area contributed by atoms with Crippen LogP contribution >= 0.6 is 0 Å². The van der Waals surface area contributed by atoms with Crippen molar-refractivity contribution >= 4 is 10.0 Å². The summed E-state index contributed by atoms with van der Waals surface area (Å²) in [6, 6.07) is 0. The zero-order valence-corrected chi connectivity index (χ0v) is 11.2. The van der Waals surface area contributed by atoms with E-state index in [0.717, 1.165) is 19.1 Å². The van der Waals surface area contributed by atoms with Gasteiger partial charge in [0, 0.05) is 31.7 Å². The van der Waals surface area contributed by atoms with Crippen LogP contribution in [0.2, 0.25) is 0 Å². The average Bonchev–Trinajstić information content (AvgIpc) is 2.23. The van der Waals surface area contributed by atoms with Gasteiger partial charge in [-0.25, -0.2) is 13.1 Å². The molecule has 0 radical (unpaired) electrons. The lowest BCUT2D eigenvalue weighted by atomic mass is 9.83. The van der Waals surface area contributed by atoms with Gasteiger partial charge in [-0.3, -0.25) is 0 Å². The van der Waals surface area contributed by atoms with E-state index in [1.165, 1.54) is 0 Å². The molecule has 0 heterocycles. The van der Waals surface area contributed by atoms with Crippen LogP contribution in [-0.2, 0) is 10.0 Å². The summed E-state index contributed by atoms with van der Waals surface area (Å²) in [5, 5.41) is 12.5. The second-order valence-electron chi connectivity index (χ2n) is 4.21. The van der Waals surface area contributed by atoms with Gasteiger partial charge < -0.3 is 10.4 Å². The number of hydrogen-bond acceptors (Lipinski definition) is 4. The predicted octanol–water partition coefficient (Wildman–Crippen LogP) is -0.0761. The van der Waals surface area contributed by atoms with Crippen molar-refractivity contribution in [2.45, 2.75) is 26.7 Å². The molecule has 0 aliphatic rings. The molecule has 0 amide bonds. The van der Waals surface area contributed by atoms with Gasteiger partial charge in [0.25, 0.3) is 0 Å². The molecule has 0 atom stereocenters. The first kappa shape index (κ1) is 15.8. The molecule has 0 saturated carbocycles. The average molecular weight is 252 g/mol. The van der Waals surface area contributed by atoms with Gasteiger partial charge in [-0.1, -0.05) is 13.8 Å². The van der Waals surface area contributed by atoms with Gasteiger partial charge >= 0.3 is 0 Å². The molecule has 0 saturated heterocycles. The van der Waals surface area contributed by atoms with Crippen molar-refractivity contribution in [2.75, 3.05) is 32.5 Å². The Kier molecular flexibility index (Phi) is 7.14. The Hall–Kier alpha value is -0.170. The van der Waals surface area contributed by atoms with Crippen LogP contribution in [0.15, 0.2) is 0 Å². The number of aliphatic hydroxyl groups excluding tert-OH is 1. The van der Waals surface area contributed by atoms with Crippen LogP contribution in [0.5, 0.6) is 0 Å². The van der Waals surface area contributed by atoms with E-state index in [9.17, 15) is 13.5 Å². The van der Waals surface area contributed by atoms with Crippen molar-refractivity contribution in [1.82, 2.24) is 10.0 Å². The normalized spacial score (nSPS) is 13.0. The quantitative estimate of drug-likeness (QED) is 0.502. The fraction of sp³-hybridized carbons (Fsp3) is 1.00. The zero-order chi connectivity index (χ0) is 12.7. The molecule has 0 bridgehead atoms. The maximum atomic E-state index is 10.8. The molecular formula is C10H24N2O3S. The monoisotopic (exact) mass is 252 g/mol. The van der Waals surface area contributed by atoms with E-state index < -0.39 is 10.0 Å². The maximum Gasteiger partial charge on any atom is 0.208 e. The summed E-state index contributed by atoms with van der Waals surface area (Å²) in [4.78, 5) is 0. The summed E-state index contributed by atoms with van der Waals surface area (Å²) in [7, 11) is -3.10. The summed E-state index contributed by atoms with van der Waals surface area (Å²) in [5.74, 6) is 0. The smallest absolute Gasteiger partial charge is 0.208 e. The molecule has 16 heavy (non-hydrogen) atoms. The molecular weight excluding hydrogens is 228 g/mol. The Labute approximate surface area is 98.7 Å². The summed E-state index contributed by atoms with van der Waals surface area (Å²) < 4.78 is 24.0. The van der Waals surface area contributed by atoms with E-state index >= 15 is 0 Å². The third-order valence-corrected chi connectivity index (χ3v) is 3.73. The van der Waals surface area contributed by atoms with Gasteiger partial charge in [0.1, 0.15) is 0 Å². The SMILES string of the molecule is CCC(CC)(CO)CNCCNS(C)(=O)=O. The van der Waals surface area contributed by atoms with Crippen LogP contribution in [0.4, 0.5) is 0 Å². The topological polar surface area (TPSA) is 78.4 Å². The van der Waals surface area contributed by atoms with Gasteiger partial charge in [0.2, 0.25) is 10.0 Å².